The Kier molecular flexibility index (Phi) is 6.63. The van der Waals surface area contributed by atoms with Gasteiger partial charge in [-0.15, -0.1) is 0 Å². The molecule has 0 aliphatic rings. The number of carbonyl (C=O) groups is 1. The fraction of sp³-hybridized carbons (Fsp3) is 0.286. The van der Waals surface area contributed by atoms with E-state index in [1.54, 1.807) is 18.2 Å². The number of aliphatic carboxylic acids is 1. The Balaban J connectivity index is 2.42. The van der Waals surface area contributed by atoms with Crippen LogP contribution >= 0.6 is 0 Å². The van der Waals surface area contributed by atoms with Gasteiger partial charge in [-0.1, -0.05) is 37.3 Å². The lowest BCUT2D eigenvalue weighted by molar-refractivity contribution is -0.130. The molecule has 2 rings (SSSR count). The maximum absolute atomic E-state index is 11.7. The van der Waals surface area contributed by atoms with Gasteiger partial charge in [0.25, 0.3) is 0 Å². The van der Waals surface area contributed by atoms with E-state index in [-0.39, 0.29) is 5.57 Å². The summed E-state index contributed by atoms with van der Waals surface area (Å²) >= 11 is 0. The molecular formula is C21H24O4. The predicted molar refractivity (Wildman–Crippen MR) is 100 cm³/mol. The molecule has 2 aromatic rings. The van der Waals surface area contributed by atoms with Crippen molar-refractivity contribution in [3.05, 3.63) is 59.2 Å². The van der Waals surface area contributed by atoms with Gasteiger partial charge in [-0.2, -0.15) is 0 Å². The standard InChI is InChI=1S/C21H24O4/c1-4-15-7-10-17(11-8-15)18(21(22)23)13-16-9-12-19(24-5-2)20(14-16)25-6-3/h7-14H,4-6H2,1-3H3,(H,22,23)/b18-13-. The molecule has 0 radical (unpaired) electrons. The summed E-state index contributed by atoms with van der Waals surface area (Å²) in [5.41, 5.74) is 2.85. The molecule has 0 heterocycles. The van der Waals surface area contributed by atoms with E-state index in [1.807, 2.05) is 44.2 Å². The first-order valence-corrected chi connectivity index (χ1v) is 8.52. The van der Waals surface area contributed by atoms with Gasteiger partial charge in [-0.3, -0.25) is 0 Å². The number of carboxylic acid groups (broad SMARTS) is 1. The van der Waals surface area contributed by atoms with Crippen LogP contribution in [0.1, 0.15) is 37.5 Å². The van der Waals surface area contributed by atoms with Gasteiger partial charge in [-0.05, 0) is 55.2 Å². The third kappa shape index (κ3) is 4.86. The minimum Gasteiger partial charge on any atom is -0.490 e. The molecular weight excluding hydrogens is 316 g/mol. The van der Waals surface area contributed by atoms with E-state index in [0.717, 1.165) is 12.0 Å². The zero-order chi connectivity index (χ0) is 18.2. The fourth-order valence-corrected chi connectivity index (χ4v) is 2.51. The average Bonchev–Trinajstić information content (AvgIpc) is 2.62. The van der Waals surface area contributed by atoms with Crippen molar-refractivity contribution in [3.8, 4) is 11.5 Å². The highest BCUT2D eigenvalue weighted by Crippen LogP contribution is 2.30. The Bertz CT molecular complexity index is 745. The molecule has 0 unspecified atom stereocenters. The van der Waals surface area contributed by atoms with Crippen molar-refractivity contribution < 1.29 is 19.4 Å². The lowest BCUT2D eigenvalue weighted by Crippen LogP contribution is -2.01. The quantitative estimate of drug-likeness (QED) is 0.560. The molecule has 0 saturated heterocycles. The lowest BCUT2D eigenvalue weighted by Gasteiger charge is -2.12. The normalized spacial score (nSPS) is 11.2. The third-order valence-corrected chi connectivity index (χ3v) is 3.78. The van der Waals surface area contributed by atoms with Crippen molar-refractivity contribution in [1.29, 1.82) is 0 Å². The number of carboxylic acids is 1. The number of benzene rings is 2. The van der Waals surface area contributed by atoms with Crippen LogP contribution in [0.2, 0.25) is 0 Å². The van der Waals surface area contributed by atoms with Crippen molar-refractivity contribution in [2.75, 3.05) is 13.2 Å². The van der Waals surface area contributed by atoms with E-state index in [0.29, 0.717) is 30.3 Å². The van der Waals surface area contributed by atoms with Crippen molar-refractivity contribution in [2.45, 2.75) is 27.2 Å². The molecule has 132 valence electrons. The maximum atomic E-state index is 11.7. The first-order chi connectivity index (χ1) is 12.1. The number of hydrogen-bond acceptors (Lipinski definition) is 3. The molecule has 4 nitrogen and oxygen atoms in total. The molecule has 0 bridgehead atoms. The minimum atomic E-state index is -0.962. The highest BCUT2D eigenvalue weighted by Gasteiger charge is 2.12. The van der Waals surface area contributed by atoms with E-state index < -0.39 is 5.97 Å². The van der Waals surface area contributed by atoms with Crippen LogP contribution in [0.3, 0.4) is 0 Å². The minimum absolute atomic E-state index is 0.245. The predicted octanol–water partition coefficient (Wildman–Crippen LogP) is 4.67. The molecule has 0 atom stereocenters. The van der Waals surface area contributed by atoms with Crippen LogP contribution in [0.25, 0.3) is 11.6 Å². The molecule has 0 spiro atoms. The van der Waals surface area contributed by atoms with Gasteiger partial charge in [0, 0.05) is 0 Å². The van der Waals surface area contributed by atoms with Gasteiger partial charge in [0.1, 0.15) is 0 Å². The largest absolute Gasteiger partial charge is 0.490 e. The molecule has 0 fully saturated rings. The smallest absolute Gasteiger partial charge is 0.336 e. The van der Waals surface area contributed by atoms with Gasteiger partial charge in [0.15, 0.2) is 11.5 Å². The van der Waals surface area contributed by atoms with Crippen LogP contribution in [0.5, 0.6) is 11.5 Å². The third-order valence-electron chi connectivity index (χ3n) is 3.78. The molecule has 2 aromatic carbocycles. The molecule has 0 aromatic heterocycles. The summed E-state index contributed by atoms with van der Waals surface area (Å²) in [6, 6.07) is 13.0. The van der Waals surface area contributed by atoms with Crippen molar-refractivity contribution in [3.63, 3.8) is 0 Å². The second-order valence-electron chi connectivity index (χ2n) is 5.49. The first-order valence-electron chi connectivity index (χ1n) is 8.52. The van der Waals surface area contributed by atoms with Gasteiger partial charge in [-0.25, -0.2) is 4.79 Å². The molecule has 0 amide bonds. The van der Waals surface area contributed by atoms with Crippen molar-refractivity contribution in [2.24, 2.45) is 0 Å². The Morgan fingerprint density at radius 1 is 0.960 bits per heavy atom. The highest BCUT2D eigenvalue weighted by atomic mass is 16.5. The van der Waals surface area contributed by atoms with Gasteiger partial charge >= 0.3 is 5.97 Å². The van der Waals surface area contributed by atoms with Crippen molar-refractivity contribution in [1.82, 2.24) is 0 Å². The van der Waals surface area contributed by atoms with Crippen LogP contribution < -0.4 is 9.47 Å². The average molecular weight is 340 g/mol. The summed E-state index contributed by atoms with van der Waals surface area (Å²) in [6.07, 6.45) is 2.57. The molecule has 0 aliphatic heterocycles. The van der Waals surface area contributed by atoms with Gasteiger partial charge in [0.2, 0.25) is 0 Å². The SMILES string of the molecule is CCOc1ccc(/C=C(\C(=O)O)c2ccc(CC)cc2)cc1OCC. The Morgan fingerprint density at radius 3 is 2.16 bits per heavy atom. The molecule has 1 N–H and O–H groups in total. The van der Waals surface area contributed by atoms with E-state index in [9.17, 15) is 9.90 Å². The summed E-state index contributed by atoms with van der Waals surface area (Å²) in [6.45, 7) is 6.93. The van der Waals surface area contributed by atoms with E-state index in [2.05, 4.69) is 6.92 Å². The monoisotopic (exact) mass is 340 g/mol. The summed E-state index contributed by atoms with van der Waals surface area (Å²) in [5.74, 6) is 0.311. The molecule has 25 heavy (non-hydrogen) atoms. The number of ether oxygens (including phenoxy) is 2. The van der Waals surface area contributed by atoms with Gasteiger partial charge in [0.05, 0.1) is 18.8 Å². The number of rotatable bonds is 8. The van der Waals surface area contributed by atoms with Crippen molar-refractivity contribution >= 4 is 17.6 Å². The summed E-state index contributed by atoms with van der Waals surface area (Å²) in [7, 11) is 0. The van der Waals surface area contributed by atoms with Gasteiger partial charge < -0.3 is 14.6 Å². The van der Waals surface area contributed by atoms with E-state index in [1.165, 1.54) is 5.56 Å². The zero-order valence-corrected chi connectivity index (χ0v) is 14.9. The summed E-state index contributed by atoms with van der Waals surface area (Å²) in [5, 5.41) is 9.60. The van der Waals surface area contributed by atoms with E-state index >= 15 is 0 Å². The van der Waals surface area contributed by atoms with E-state index in [4.69, 9.17) is 9.47 Å². The zero-order valence-electron chi connectivity index (χ0n) is 14.9. The highest BCUT2D eigenvalue weighted by molar-refractivity contribution is 6.20. The van der Waals surface area contributed by atoms with Crippen LogP contribution in [-0.4, -0.2) is 24.3 Å². The van der Waals surface area contributed by atoms with Crippen LogP contribution in [-0.2, 0) is 11.2 Å². The van der Waals surface area contributed by atoms with Crippen LogP contribution in [0.4, 0.5) is 0 Å². The number of hydrogen-bond donors (Lipinski definition) is 1. The Hall–Kier alpha value is -2.75. The Labute approximate surface area is 148 Å². The Morgan fingerprint density at radius 2 is 1.60 bits per heavy atom. The number of aryl methyl sites for hydroxylation is 1. The summed E-state index contributed by atoms with van der Waals surface area (Å²) in [4.78, 5) is 11.7. The molecule has 0 saturated carbocycles. The first kappa shape index (κ1) is 18.6. The molecule has 0 aliphatic carbocycles. The van der Waals surface area contributed by atoms with Crippen LogP contribution in [0, 0.1) is 0 Å². The summed E-state index contributed by atoms with van der Waals surface area (Å²) < 4.78 is 11.2. The molecule has 4 heteroatoms. The lowest BCUT2D eigenvalue weighted by atomic mass is 10.0. The second kappa shape index (κ2) is 8.92. The topological polar surface area (TPSA) is 55.8 Å². The second-order valence-corrected chi connectivity index (χ2v) is 5.49. The fourth-order valence-electron chi connectivity index (χ4n) is 2.51. The maximum Gasteiger partial charge on any atom is 0.336 e. The van der Waals surface area contributed by atoms with Crippen LogP contribution in [0.15, 0.2) is 42.5 Å².